The predicted molar refractivity (Wildman–Crippen MR) is 130 cm³/mol. The van der Waals surface area contributed by atoms with Gasteiger partial charge in [-0.2, -0.15) is 0 Å². The van der Waals surface area contributed by atoms with Crippen molar-refractivity contribution in [2.45, 2.75) is 58.3 Å². The maximum absolute atomic E-state index is 13.8. The van der Waals surface area contributed by atoms with Gasteiger partial charge in [0.1, 0.15) is 0 Å². The number of esters is 1. The number of hydrogen-bond donors (Lipinski definition) is 0. The molecule has 0 N–H and O–H groups in total. The van der Waals surface area contributed by atoms with Gasteiger partial charge in [0.15, 0.2) is 19.6 Å². The van der Waals surface area contributed by atoms with Crippen LogP contribution >= 0.6 is 0 Å². The van der Waals surface area contributed by atoms with Crippen LogP contribution in [-0.4, -0.2) is 56.7 Å². The van der Waals surface area contributed by atoms with Crippen LogP contribution in [0.3, 0.4) is 0 Å². The number of hydrogen-bond acceptors (Lipinski definition) is 5. The summed E-state index contributed by atoms with van der Waals surface area (Å²) in [4.78, 5) is 41.5. The zero-order valence-electron chi connectivity index (χ0n) is 20.9. The number of nitrogens with zero attached hydrogens (tertiary/aromatic N) is 1. The maximum atomic E-state index is 13.8. The molecule has 1 aliphatic heterocycles. The van der Waals surface area contributed by atoms with E-state index in [4.69, 9.17) is 9.16 Å². The predicted octanol–water partition coefficient (Wildman–Crippen LogP) is 4.54. The fourth-order valence-corrected chi connectivity index (χ4v) is 5.18. The topological polar surface area (TPSA) is 72.9 Å². The molecular formula is C26H35NO5Si. The smallest absolute Gasteiger partial charge is 0.338 e. The molecule has 1 aliphatic carbocycles. The molecule has 1 aromatic rings. The van der Waals surface area contributed by atoms with E-state index in [9.17, 15) is 14.4 Å². The van der Waals surface area contributed by atoms with E-state index in [0.29, 0.717) is 11.1 Å². The fourth-order valence-electron chi connectivity index (χ4n) is 4.17. The number of carbonyl (C=O) groups is 3. The van der Waals surface area contributed by atoms with Crippen molar-refractivity contribution in [3.8, 4) is 0 Å². The molecule has 7 heteroatoms. The Balaban J connectivity index is 2.19. The highest BCUT2D eigenvalue weighted by molar-refractivity contribution is 6.74. The Morgan fingerprint density at radius 3 is 2.33 bits per heavy atom. The summed E-state index contributed by atoms with van der Waals surface area (Å²) in [6, 6.07) is 8.86. The molecule has 0 bridgehead atoms. The highest BCUT2D eigenvalue weighted by Crippen LogP contribution is 2.43. The van der Waals surface area contributed by atoms with Crippen LogP contribution in [0.15, 0.2) is 53.1 Å². The molecule has 6 nitrogen and oxygen atoms in total. The molecule has 2 aliphatic rings. The highest BCUT2D eigenvalue weighted by atomic mass is 28.4. The van der Waals surface area contributed by atoms with Gasteiger partial charge in [-0.15, -0.1) is 0 Å². The standard InChI is InChI=1S/C26H35NO5Si/c1-17-20-14-26(24(30)31-6,16-32-33(7,8)25(3,4)5)27(15-21(20)18(2)22(17)28)23(29)19-12-10-9-11-13-19/h9-14,17H,15-16H2,1-8H3/t17?,26-/m0/s1. The lowest BCUT2D eigenvalue weighted by molar-refractivity contribution is -0.152. The highest BCUT2D eigenvalue weighted by Gasteiger charge is 2.53. The number of benzene rings is 1. The molecule has 33 heavy (non-hydrogen) atoms. The summed E-state index contributed by atoms with van der Waals surface area (Å²) >= 11 is 0. The SMILES string of the molecule is COC(=O)[C@@]1(CO[Si](C)(C)C(C)(C)C)C=C2C(=C(C)C(=O)C2C)CN1C(=O)c1ccccc1. The first-order chi connectivity index (χ1) is 15.3. The monoisotopic (exact) mass is 469 g/mol. The molecule has 0 spiro atoms. The van der Waals surface area contributed by atoms with Gasteiger partial charge in [0.25, 0.3) is 5.91 Å². The Bertz CT molecular complexity index is 1030. The lowest BCUT2D eigenvalue weighted by atomic mass is 9.84. The van der Waals surface area contributed by atoms with Crippen LogP contribution in [0.1, 0.15) is 45.0 Å². The van der Waals surface area contributed by atoms with Gasteiger partial charge in [0, 0.05) is 18.0 Å². The number of methoxy groups -OCH3 is 1. The molecule has 0 aromatic heterocycles. The van der Waals surface area contributed by atoms with E-state index in [1.165, 1.54) is 12.0 Å². The summed E-state index contributed by atoms with van der Waals surface area (Å²) in [6.07, 6.45) is 1.75. The van der Waals surface area contributed by atoms with Crippen LogP contribution in [0.2, 0.25) is 18.1 Å². The molecule has 0 radical (unpaired) electrons. The Morgan fingerprint density at radius 1 is 1.18 bits per heavy atom. The van der Waals surface area contributed by atoms with E-state index in [-0.39, 0.29) is 35.8 Å². The first-order valence-corrected chi connectivity index (χ1v) is 14.2. The first-order valence-electron chi connectivity index (χ1n) is 11.3. The summed E-state index contributed by atoms with van der Waals surface area (Å²) < 4.78 is 11.8. The minimum Gasteiger partial charge on any atom is -0.467 e. The summed E-state index contributed by atoms with van der Waals surface area (Å²) in [7, 11) is -0.950. The quantitative estimate of drug-likeness (QED) is 0.468. The van der Waals surface area contributed by atoms with Crippen molar-refractivity contribution in [1.82, 2.24) is 4.90 Å². The van der Waals surface area contributed by atoms with Gasteiger partial charge in [0.05, 0.1) is 13.7 Å². The third kappa shape index (κ3) is 4.24. The second-order valence-corrected chi connectivity index (χ2v) is 15.3. The zero-order valence-corrected chi connectivity index (χ0v) is 21.9. The molecule has 1 heterocycles. The molecule has 1 unspecified atom stereocenters. The number of amides is 1. The molecule has 1 aromatic carbocycles. The Labute approximate surface area is 197 Å². The van der Waals surface area contributed by atoms with Crippen molar-refractivity contribution in [3.63, 3.8) is 0 Å². The lowest BCUT2D eigenvalue weighted by Gasteiger charge is -2.46. The van der Waals surface area contributed by atoms with E-state index in [0.717, 1.165) is 11.1 Å². The Hall–Kier alpha value is -2.51. The van der Waals surface area contributed by atoms with E-state index in [1.54, 1.807) is 37.3 Å². The molecule has 1 amide bonds. The van der Waals surface area contributed by atoms with Crippen LogP contribution in [0.25, 0.3) is 0 Å². The average molecular weight is 470 g/mol. The van der Waals surface area contributed by atoms with E-state index in [1.807, 2.05) is 13.0 Å². The van der Waals surface area contributed by atoms with Gasteiger partial charge < -0.3 is 14.1 Å². The van der Waals surface area contributed by atoms with Gasteiger partial charge in [0.2, 0.25) is 0 Å². The van der Waals surface area contributed by atoms with Gasteiger partial charge >= 0.3 is 5.97 Å². The summed E-state index contributed by atoms with van der Waals surface area (Å²) in [6.45, 7) is 14.3. The number of fused-ring (bicyclic) bond motifs is 1. The van der Waals surface area contributed by atoms with Crippen LogP contribution in [-0.2, 0) is 18.8 Å². The average Bonchev–Trinajstić information content (AvgIpc) is 2.99. The summed E-state index contributed by atoms with van der Waals surface area (Å²) in [5, 5.41) is -0.0847. The van der Waals surface area contributed by atoms with Gasteiger partial charge in [-0.25, -0.2) is 4.79 Å². The minimum absolute atomic E-state index is 0.0223. The largest absolute Gasteiger partial charge is 0.467 e. The van der Waals surface area contributed by atoms with E-state index in [2.05, 4.69) is 33.9 Å². The minimum atomic E-state index is -2.27. The lowest BCUT2D eigenvalue weighted by Crippen LogP contribution is -2.63. The van der Waals surface area contributed by atoms with Crippen molar-refractivity contribution in [2.24, 2.45) is 5.92 Å². The maximum Gasteiger partial charge on any atom is 0.338 e. The summed E-state index contributed by atoms with van der Waals surface area (Å²) in [5.74, 6) is -1.22. The molecule has 0 saturated carbocycles. The number of rotatable bonds is 5. The van der Waals surface area contributed by atoms with Crippen molar-refractivity contribution >= 4 is 26.0 Å². The van der Waals surface area contributed by atoms with Gasteiger partial charge in [-0.3, -0.25) is 9.59 Å². The van der Waals surface area contributed by atoms with Crippen molar-refractivity contribution in [1.29, 1.82) is 0 Å². The third-order valence-electron chi connectivity index (χ3n) is 7.49. The molecule has 2 atom stereocenters. The van der Waals surface area contributed by atoms with E-state index >= 15 is 0 Å². The molecule has 0 saturated heterocycles. The molecule has 178 valence electrons. The number of carbonyl (C=O) groups excluding carboxylic acids is 3. The Morgan fingerprint density at radius 2 is 1.79 bits per heavy atom. The van der Waals surface area contributed by atoms with Crippen LogP contribution in [0, 0.1) is 5.92 Å². The van der Waals surface area contributed by atoms with E-state index < -0.39 is 19.8 Å². The second-order valence-electron chi connectivity index (χ2n) is 10.5. The molecular weight excluding hydrogens is 434 g/mol. The van der Waals surface area contributed by atoms with Crippen LogP contribution in [0.5, 0.6) is 0 Å². The first kappa shape index (κ1) is 25.1. The van der Waals surface area contributed by atoms with Crippen molar-refractivity contribution in [3.05, 3.63) is 58.7 Å². The van der Waals surface area contributed by atoms with Crippen molar-refractivity contribution in [2.75, 3.05) is 20.3 Å². The number of ether oxygens (including phenoxy) is 1. The number of ketones is 1. The zero-order chi connectivity index (χ0) is 24.8. The molecule has 3 rings (SSSR count). The number of allylic oxidation sites excluding steroid dienone is 1. The van der Waals surface area contributed by atoms with Gasteiger partial charge in [-0.1, -0.05) is 45.9 Å². The second kappa shape index (κ2) is 8.69. The van der Waals surface area contributed by atoms with Gasteiger partial charge in [-0.05, 0) is 60.0 Å². The fraction of sp³-hybridized carbons (Fsp3) is 0.500. The van der Waals surface area contributed by atoms with Crippen LogP contribution < -0.4 is 0 Å². The third-order valence-corrected chi connectivity index (χ3v) is 12.0. The Kier molecular flexibility index (Phi) is 6.61. The summed E-state index contributed by atoms with van der Waals surface area (Å²) in [5.41, 5.74) is 1.24. The van der Waals surface area contributed by atoms with Crippen LogP contribution in [0.4, 0.5) is 0 Å². The molecule has 0 fully saturated rings. The number of Topliss-reactive ketones (excluding diaryl/α,β-unsaturated/α-hetero) is 1. The normalized spacial score (nSPS) is 23.4. The van der Waals surface area contributed by atoms with Crippen molar-refractivity contribution < 1.29 is 23.5 Å².